The molecule has 1 amide bonds. The second kappa shape index (κ2) is 9.54. The van der Waals surface area contributed by atoms with Crippen molar-refractivity contribution < 1.29 is 23.8 Å². The van der Waals surface area contributed by atoms with E-state index in [1.807, 2.05) is 32.0 Å². The van der Waals surface area contributed by atoms with Gasteiger partial charge in [0.25, 0.3) is 5.78 Å². The van der Waals surface area contributed by atoms with Gasteiger partial charge in [-0.2, -0.15) is 0 Å². The molecule has 6 nitrogen and oxygen atoms in total. The number of fused-ring (bicyclic) bond motifs is 1. The Morgan fingerprint density at radius 3 is 2.50 bits per heavy atom. The number of amides is 1. The summed E-state index contributed by atoms with van der Waals surface area (Å²) in [5.41, 5.74) is 2.53. The molecule has 1 atom stereocenters. The molecule has 1 N–H and O–H groups in total. The van der Waals surface area contributed by atoms with E-state index in [4.69, 9.17) is 4.74 Å². The third kappa shape index (κ3) is 4.24. The lowest BCUT2D eigenvalue weighted by molar-refractivity contribution is -0.132. The molecule has 0 bridgehead atoms. The van der Waals surface area contributed by atoms with Crippen LogP contribution in [0, 0.1) is 12.7 Å². The number of nitrogens with zero attached hydrogens (tertiary/aromatic N) is 2. The first-order valence-electron chi connectivity index (χ1n) is 11.5. The highest BCUT2D eigenvalue weighted by Crippen LogP contribution is 2.44. The molecule has 1 aliphatic rings. The number of hydrogen-bond acceptors (Lipinski definition) is 6. The number of hydrogen-bond donors (Lipinski definition) is 1. The van der Waals surface area contributed by atoms with Crippen LogP contribution in [0.3, 0.4) is 0 Å². The second-order valence-electron chi connectivity index (χ2n) is 8.56. The summed E-state index contributed by atoms with van der Waals surface area (Å²) < 4.78 is 20.1. The molecule has 0 saturated carbocycles. The highest BCUT2D eigenvalue weighted by atomic mass is 32.1. The van der Waals surface area contributed by atoms with Gasteiger partial charge in [0.05, 0.1) is 28.4 Å². The predicted octanol–water partition coefficient (Wildman–Crippen LogP) is 6.16. The van der Waals surface area contributed by atoms with E-state index < -0.39 is 23.5 Å². The van der Waals surface area contributed by atoms with Gasteiger partial charge in [0, 0.05) is 5.56 Å². The van der Waals surface area contributed by atoms with E-state index in [-0.39, 0.29) is 16.9 Å². The van der Waals surface area contributed by atoms with E-state index >= 15 is 0 Å². The molecule has 1 aliphatic heterocycles. The Balaban J connectivity index is 1.67. The van der Waals surface area contributed by atoms with Crippen molar-refractivity contribution in [2.75, 3.05) is 11.5 Å². The van der Waals surface area contributed by atoms with E-state index in [2.05, 4.69) is 4.98 Å². The summed E-state index contributed by atoms with van der Waals surface area (Å²) in [6.45, 7) is 4.54. The molecule has 1 aromatic heterocycles. The lowest BCUT2D eigenvalue weighted by atomic mass is 9.95. The summed E-state index contributed by atoms with van der Waals surface area (Å²) in [6, 6.07) is 17.1. The van der Waals surface area contributed by atoms with Crippen LogP contribution in [0.25, 0.3) is 16.0 Å². The number of ether oxygens (including phenoxy) is 1. The summed E-state index contributed by atoms with van der Waals surface area (Å²) in [6.07, 6.45) is 0.858. The normalized spacial score (nSPS) is 17.2. The monoisotopic (exact) mass is 502 g/mol. The number of thiazole rings is 1. The number of carbonyl (C=O) groups excluding carboxylic acids is 2. The first kappa shape index (κ1) is 23.7. The van der Waals surface area contributed by atoms with Crippen molar-refractivity contribution in [1.29, 1.82) is 0 Å². The van der Waals surface area contributed by atoms with Gasteiger partial charge < -0.3 is 9.84 Å². The Morgan fingerprint density at radius 2 is 1.81 bits per heavy atom. The van der Waals surface area contributed by atoms with Crippen molar-refractivity contribution in [3.05, 3.63) is 94.8 Å². The maximum Gasteiger partial charge on any atom is 0.301 e. The van der Waals surface area contributed by atoms with Crippen molar-refractivity contribution in [2.24, 2.45) is 0 Å². The zero-order chi connectivity index (χ0) is 25.4. The van der Waals surface area contributed by atoms with E-state index in [0.29, 0.717) is 28.6 Å². The molecule has 0 radical (unpaired) electrons. The smallest absolute Gasteiger partial charge is 0.301 e. The minimum Gasteiger partial charge on any atom is -0.507 e. The topological polar surface area (TPSA) is 79.7 Å². The SMILES string of the molecule is CCCOc1ccc([C@H]2/C(=C(\O)c3ccc(F)cc3)C(=O)C(=O)N2c2nc3ccc(C)cc3s2)cc1. The number of halogens is 1. The van der Waals surface area contributed by atoms with E-state index in [9.17, 15) is 19.1 Å². The number of aryl methyl sites for hydroxylation is 1. The molecule has 3 aromatic carbocycles. The fourth-order valence-electron chi connectivity index (χ4n) is 4.20. The first-order valence-corrected chi connectivity index (χ1v) is 12.4. The average Bonchev–Trinajstić information content (AvgIpc) is 3.40. The van der Waals surface area contributed by atoms with Crippen molar-refractivity contribution in [3.8, 4) is 5.75 Å². The van der Waals surface area contributed by atoms with Crippen molar-refractivity contribution in [1.82, 2.24) is 4.98 Å². The van der Waals surface area contributed by atoms with Gasteiger partial charge in [0.1, 0.15) is 17.3 Å². The number of ketones is 1. The molecule has 1 fully saturated rings. The summed E-state index contributed by atoms with van der Waals surface area (Å²) >= 11 is 1.30. The van der Waals surface area contributed by atoms with Crippen LogP contribution in [0.15, 0.2) is 72.3 Å². The Morgan fingerprint density at radius 1 is 1.08 bits per heavy atom. The van der Waals surface area contributed by atoms with Crippen LogP contribution in [-0.4, -0.2) is 28.4 Å². The number of aliphatic hydroxyl groups is 1. The Labute approximate surface area is 211 Å². The highest BCUT2D eigenvalue weighted by molar-refractivity contribution is 7.22. The van der Waals surface area contributed by atoms with Gasteiger partial charge in [-0.05, 0) is 73.0 Å². The molecule has 8 heteroatoms. The number of Topliss-reactive ketones (excluding diaryl/α,β-unsaturated/α-hetero) is 1. The maximum atomic E-state index is 13.5. The van der Waals surface area contributed by atoms with Crippen LogP contribution >= 0.6 is 11.3 Å². The summed E-state index contributed by atoms with van der Waals surface area (Å²) in [7, 11) is 0. The Bertz CT molecular complexity index is 1490. The molecule has 4 aromatic rings. The second-order valence-corrected chi connectivity index (χ2v) is 9.57. The molecular weight excluding hydrogens is 479 g/mol. The molecule has 2 heterocycles. The van der Waals surface area contributed by atoms with Crippen molar-refractivity contribution in [3.63, 3.8) is 0 Å². The minimum absolute atomic E-state index is 0.0794. The van der Waals surface area contributed by atoms with Gasteiger partial charge in [-0.25, -0.2) is 9.37 Å². The van der Waals surface area contributed by atoms with E-state index in [1.54, 1.807) is 24.3 Å². The quantitative estimate of drug-likeness (QED) is 0.194. The number of anilines is 1. The van der Waals surface area contributed by atoms with Gasteiger partial charge in [-0.3, -0.25) is 14.5 Å². The number of rotatable bonds is 6. The van der Waals surface area contributed by atoms with E-state index in [0.717, 1.165) is 16.7 Å². The molecular formula is C28H23FN2O4S. The first-order chi connectivity index (χ1) is 17.4. The molecule has 36 heavy (non-hydrogen) atoms. The fraction of sp³-hybridized carbons (Fsp3) is 0.179. The minimum atomic E-state index is -0.920. The standard InChI is InChI=1S/C28H23FN2O4S/c1-3-14-35-20-11-7-17(8-12-20)24-23(25(32)18-5-9-19(29)10-6-18)26(33)27(34)31(24)28-30-21-13-4-16(2)15-22(21)36-28/h4-13,15,24,32H,3,14H2,1-2H3/b25-23+/t24-/m0/s1. The van der Waals surface area contributed by atoms with Crippen molar-refractivity contribution in [2.45, 2.75) is 26.3 Å². The third-order valence-corrected chi connectivity index (χ3v) is 6.99. The van der Waals surface area contributed by atoms with Gasteiger partial charge in [0.15, 0.2) is 5.13 Å². The zero-order valence-electron chi connectivity index (χ0n) is 19.7. The molecule has 0 spiro atoms. The lowest BCUT2D eigenvalue weighted by Crippen LogP contribution is -2.29. The zero-order valence-corrected chi connectivity index (χ0v) is 20.5. The van der Waals surface area contributed by atoms with Gasteiger partial charge in [0.2, 0.25) is 0 Å². The van der Waals surface area contributed by atoms with Crippen LogP contribution < -0.4 is 9.64 Å². The van der Waals surface area contributed by atoms with Gasteiger partial charge in [-0.1, -0.05) is 36.5 Å². The molecule has 5 rings (SSSR count). The molecule has 1 saturated heterocycles. The number of aliphatic hydroxyl groups excluding tert-OH is 1. The van der Waals surface area contributed by atoms with E-state index in [1.165, 1.54) is 40.5 Å². The maximum absolute atomic E-state index is 13.5. The molecule has 182 valence electrons. The summed E-state index contributed by atoms with van der Waals surface area (Å²) in [5.74, 6) is -1.80. The van der Waals surface area contributed by atoms with Crippen LogP contribution in [0.1, 0.15) is 36.1 Å². The molecule has 0 unspecified atom stereocenters. The summed E-state index contributed by atoms with van der Waals surface area (Å²) in [5, 5.41) is 11.5. The van der Waals surface area contributed by atoms with Gasteiger partial charge >= 0.3 is 5.91 Å². The number of aromatic nitrogens is 1. The van der Waals surface area contributed by atoms with Crippen LogP contribution in [0.4, 0.5) is 9.52 Å². The largest absolute Gasteiger partial charge is 0.507 e. The highest BCUT2D eigenvalue weighted by Gasteiger charge is 2.48. The Hall–Kier alpha value is -4.04. The van der Waals surface area contributed by atoms with Crippen molar-refractivity contribution >= 4 is 44.1 Å². The fourth-order valence-corrected chi connectivity index (χ4v) is 5.29. The number of benzene rings is 3. The number of carbonyl (C=O) groups is 2. The van der Waals surface area contributed by atoms with Crippen LogP contribution in [-0.2, 0) is 9.59 Å². The lowest BCUT2D eigenvalue weighted by Gasteiger charge is -2.23. The summed E-state index contributed by atoms with van der Waals surface area (Å²) in [4.78, 5) is 32.6. The molecule has 0 aliphatic carbocycles. The predicted molar refractivity (Wildman–Crippen MR) is 138 cm³/mol. The average molecular weight is 503 g/mol. The van der Waals surface area contributed by atoms with Crippen LogP contribution in [0.2, 0.25) is 0 Å². The Kier molecular flexibility index (Phi) is 6.28. The van der Waals surface area contributed by atoms with Gasteiger partial charge in [-0.15, -0.1) is 0 Å². The third-order valence-electron chi connectivity index (χ3n) is 5.97. The van der Waals surface area contributed by atoms with Crippen LogP contribution in [0.5, 0.6) is 5.75 Å².